The van der Waals surface area contributed by atoms with Gasteiger partial charge in [-0.2, -0.15) is 0 Å². The lowest BCUT2D eigenvalue weighted by Crippen LogP contribution is -1.99. The monoisotopic (exact) mass is 216 g/mol. The smallest absolute Gasteiger partial charge is 0.107 e. The van der Waals surface area contributed by atoms with E-state index in [-0.39, 0.29) is 0 Å². The minimum atomic E-state index is -0.600. The van der Waals surface area contributed by atoms with Crippen LogP contribution in [0.25, 0.3) is 0 Å². The highest BCUT2D eigenvalue weighted by Gasteiger charge is 2.12. The number of furan rings is 1. The second-order valence-corrected chi connectivity index (χ2v) is 4.28. The summed E-state index contributed by atoms with van der Waals surface area (Å²) >= 11 is 0. The molecule has 2 aromatic rings. The van der Waals surface area contributed by atoms with E-state index in [1.165, 1.54) is 5.56 Å². The molecule has 1 aromatic heterocycles. The molecule has 1 N–H and O–H groups in total. The maximum Gasteiger partial charge on any atom is 0.107 e. The molecule has 0 aliphatic rings. The summed E-state index contributed by atoms with van der Waals surface area (Å²) in [5.41, 5.74) is 2.94. The Hall–Kier alpha value is -1.54. The molecule has 2 rings (SSSR count). The van der Waals surface area contributed by atoms with E-state index in [4.69, 9.17) is 4.42 Å². The lowest BCUT2D eigenvalue weighted by molar-refractivity contribution is 0.219. The topological polar surface area (TPSA) is 33.4 Å². The van der Waals surface area contributed by atoms with E-state index >= 15 is 0 Å². The quantitative estimate of drug-likeness (QED) is 0.852. The fourth-order valence-electron chi connectivity index (χ4n) is 1.71. The van der Waals surface area contributed by atoms with Crippen molar-refractivity contribution in [3.05, 3.63) is 59.5 Å². The van der Waals surface area contributed by atoms with Crippen LogP contribution in [0.4, 0.5) is 0 Å². The second kappa shape index (κ2) is 4.54. The molecule has 0 bridgehead atoms. The van der Waals surface area contributed by atoms with Crippen LogP contribution in [0.5, 0.6) is 0 Å². The molecule has 0 spiro atoms. The SMILES string of the molecule is CC(C)c1cccc(C(O)c2ccoc2)c1. The number of hydrogen-bond donors (Lipinski definition) is 1. The maximum absolute atomic E-state index is 10.1. The van der Waals surface area contributed by atoms with E-state index in [0.29, 0.717) is 5.92 Å². The summed E-state index contributed by atoms with van der Waals surface area (Å²) in [7, 11) is 0. The van der Waals surface area contributed by atoms with Gasteiger partial charge >= 0.3 is 0 Å². The first-order chi connectivity index (χ1) is 7.68. The Morgan fingerprint density at radius 1 is 1.06 bits per heavy atom. The minimum Gasteiger partial charge on any atom is -0.472 e. The number of aliphatic hydroxyl groups is 1. The summed E-state index contributed by atoms with van der Waals surface area (Å²) in [6.07, 6.45) is 2.55. The molecule has 1 heterocycles. The summed E-state index contributed by atoms with van der Waals surface area (Å²) in [6, 6.07) is 9.82. The first kappa shape index (κ1) is 11.0. The van der Waals surface area contributed by atoms with Gasteiger partial charge in [0.2, 0.25) is 0 Å². The molecule has 84 valence electrons. The predicted molar refractivity (Wildman–Crippen MR) is 63.3 cm³/mol. The van der Waals surface area contributed by atoms with Gasteiger partial charge in [-0.15, -0.1) is 0 Å². The highest BCUT2D eigenvalue weighted by molar-refractivity contribution is 5.32. The van der Waals surface area contributed by atoms with Crippen molar-refractivity contribution >= 4 is 0 Å². The molecule has 0 aliphatic heterocycles. The van der Waals surface area contributed by atoms with Crippen LogP contribution in [0.2, 0.25) is 0 Å². The third-order valence-corrected chi connectivity index (χ3v) is 2.75. The van der Waals surface area contributed by atoms with Gasteiger partial charge in [0.1, 0.15) is 6.10 Å². The van der Waals surface area contributed by atoms with E-state index in [2.05, 4.69) is 19.9 Å². The summed E-state index contributed by atoms with van der Waals surface area (Å²) in [5.74, 6) is 0.469. The molecule has 0 saturated heterocycles. The number of aliphatic hydroxyl groups excluding tert-OH is 1. The van der Waals surface area contributed by atoms with Crippen LogP contribution < -0.4 is 0 Å². The average Bonchev–Trinajstić information content (AvgIpc) is 2.81. The van der Waals surface area contributed by atoms with E-state index < -0.39 is 6.10 Å². The zero-order valence-corrected chi connectivity index (χ0v) is 9.55. The fourth-order valence-corrected chi connectivity index (χ4v) is 1.71. The molecular formula is C14H16O2. The van der Waals surface area contributed by atoms with Crippen molar-refractivity contribution in [3.63, 3.8) is 0 Å². The van der Waals surface area contributed by atoms with Crippen molar-refractivity contribution < 1.29 is 9.52 Å². The molecule has 1 aromatic carbocycles. The second-order valence-electron chi connectivity index (χ2n) is 4.28. The van der Waals surface area contributed by atoms with E-state index in [1.807, 2.05) is 18.2 Å². The number of hydrogen-bond acceptors (Lipinski definition) is 2. The molecule has 0 aliphatic carbocycles. The first-order valence-corrected chi connectivity index (χ1v) is 5.48. The lowest BCUT2D eigenvalue weighted by Gasteiger charge is -2.12. The molecule has 1 unspecified atom stereocenters. The highest BCUT2D eigenvalue weighted by atomic mass is 16.3. The van der Waals surface area contributed by atoms with Gasteiger partial charge in [0.25, 0.3) is 0 Å². The Morgan fingerprint density at radius 2 is 1.81 bits per heavy atom. The van der Waals surface area contributed by atoms with Crippen LogP contribution in [-0.2, 0) is 0 Å². The zero-order valence-electron chi connectivity index (χ0n) is 9.55. The van der Waals surface area contributed by atoms with Crippen LogP contribution in [0.3, 0.4) is 0 Å². The van der Waals surface area contributed by atoms with Crippen molar-refractivity contribution in [3.8, 4) is 0 Å². The van der Waals surface area contributed by atoms with Crippen molar-refractivity contribution in [1.82, 2.24) is 0 Å². The lowest BCUT2D eigenvalue weighted by atomic mass is 9.97. The summed E-state index contributed by atoms with van der Waals surface area (Å²) < 4.78 is 4.97. The van der Waals surface area contributed by atoms with Crippen LogP contribution in [0, 0.1) is 0 Å². The summed E-state index contributed by atoms with van der Waals surface area (Å²) in [6.45, 7) is 4.28. The molecule has 1 atom stereocenters. The van der Waals surface area contributed by atoms with Gasteiger partial charge in [-0.1, -0.05) is 38.1 Å². The average molecular weight is 216 g/mol. The largest absolute Gasteiger partial charge is 0.472 e. The Balaban J connectivity index is 2.30. The zero-order chi connectivity index (χ0) is 11.5. The van der Waals surface area contributed by atoms with Crippen LogP contribution >= 0.6 is 0 Å². The fraction of sp³-hybridized carbons (Fsp3) is 0.286. The van der Waals surface area contributed by atoms with Gasteiger partial charge in [-0.05, 0) is 23.1 Å². The van der Waals surface area contributed by atoms with Crippen molar-refractivity contribution in [2.24, 2.45) is 0 Å². The number of rotatable bonds is 3. The Kier molecular flexibility index (Phi) is 3.11. The molecule has 0 radical (unpaired) electrons. The van der Waals surface area contributed by atoms with Gasteiger partial charge in [0.05, 0.1) is 12.5 Å². The van der Waals surface area contributed by atoms with Gasteiger partial charge in [-0.25, -0.2) is 0 Å². The van der Waals surface area contributed by atoms with Crippen molar-refractivity contribution in [1.29, 1.82) is 0 Å². The third-order valence-electron chi connectivity index (χ3n) is 2.75. The van der Waals surface area contributed by atoms with E-state index in [0.717, 1.165) is 11.1 Å². The van der Waals surface area contributed by atoms with Gasteiger partial charge in [-0.3, -0.25) is 0 Å². The highest BCUT2D eigenvalue weighted by Crippen LogP contribution is 2.25. The van der Waals surface area contributed by atoms with E-state index in [1.54, 1.807) is 18.6 Å². The van der Waals surface area contributed by atoms with Crippen LogP contribution in [-0.4, -0.2) is 5.11 Å². The summed E-state index contributed by atoms with van der Waals surface area (Å²) in [4.78, 5) is 0. The standard InChI is InChI=1S/C14H16O2/c1-10(2)11-4-3-5-12(8-11)14(15)13-6-7-16-9-13/h3-10,14-15H,1-2H3. The Morgan fingerprint density at radius 3 is 2.44 bits per heavy atom. The Labute approximate surface area is 95.5 Å². The predicted octanol–water partition coefficient (Wildman–Crippen LogP) is 3.48. The van der Waals surface area contributed by atoms with Crippen molar-refractivity contribution in [2.45, 2.75) is 25.9 Å². The molecule has 0 fully saturated rings. The van der Waals surface area contributed by atoms with E-state index in [9.17, 15) is 5.11 Å². The molecule has 0 amide bonds. The van der Waals surface area contributed by atoms with Crippen molar-refractivity contribution in [2.75, 3.05) is 0 Å². The normalized spacial score (nSPS) is 13.0. The van der Waals surface area contributed by atoms with Crippen LogP contribution in [0.15, 0.2) is 47.3 Å². The number of benzene rings is 1. The summed E-state index contributed by atoms with van der Waals surface area (Å²) in [5, 5.41) is 10.1. The Bertz CT molecular complexity index is 444. The molecule has 0 saturated carbocycles. The third kappa shape index (κ3) is 2.17. The molecule has 16 heavy (non-hydrogen) atoms. The molecule has 2 nitrogen and oxygen atoms in total. The molecular weight excluding hydrogens is 200 g/mol. The molecule has 2 heteroatoms. The maximum atomic E-state index is 10.1. The van der Waals surface area contributed by atoms with Gasteiger partial charge in [0, 0.05) is 5.56 Å². The first-order valence-electron chi connectivity index (χ1n) is 5.48. The van der Waals surface area contributed by atoms with Gasteiger partial charge in [0.15, 0.2) is 0 Å². The minimum absolute atomic E-state index is 0.469. The van der Waals surface area contributed by atoms with Crippen LogP contribution in [0.1, 0.15) is 42.6 Å². The van der Waals surface area contributed by atoms with Gasteiger partial charge < -0.3 is 9.52 Å².